The molecule has 0 aliphatic heterocycles. The number of ether oxygens (including phenoxy) is 2. The second-order valence-electron chi connectivity index (χ2n) is 4.60. The van der Waals surface area contributed by atoms with Crippen molar-refractivity contribution in [3.8, 4) is 11.5 Å². The maximum Gasteiger partial charge on any atom is 0.341 e. The van der Waals surface area contributed by atoms with Gasteiger partial charge >= 0.3 is 5.97 Å². The quantitative estimate of drug-likeness (QED) is 0.630. The molecule has 0 spiro atoms. The van der Waals surface area contributed by atoms with Crippen LogP contribution in [0.15, 0.2) is 45.9 Å². The topological polar surface area (TPSA) is 68.1 Å². The number of nitrogens with zero attached hydrogens (tertiary/aromatic N) is 1. The highest BCUT2D eigenvalue weighted by molar-refractivity contribution is 9.10. The highest BCUT2D eigenvalue weighted by Crippen LogP contribution is 2.39. The predicted octanol–water partition coefficient (Wildman–Crippen LogP) is 4.03. The number of hydrogen-bond acceptors (Lipinski definition) is 5. The van der Waals surface area contributed by atoms with Gasteiger partial charge in [-0.15, -0.1) is 0 Å². The maximum atomic E-state index is 11.8. The molecule has 0 unspecified atom stereocenters. The third-order valence-corrected chi connectivity index (χ3v) is 4.00. The molecule has 0 aromatic heterocycles. The first-order chi connectivity index (χ1) is 11.1. The molecule has 0 saturated carbocycles. The molecule has 0 heterocycles. The summed E-state index contributed by atoms with van der Waals surface area (Å²) in [5, 5.41) is 8.95. The van der Waals surface area contributed by atoms with Crippen molar-refractivity contribution < 1.29 is 19.4 Å². The van der Waals surface area contributed by atoms with Gasteiger partial charge in [0.05, 0.1) is 13.7 Å². The van der Waals surface area contributed by atoms with Gasteiger partial charge in [0.2, 0.25) is 0 Å². The van der Waals surface area contributed by atoms with Gasteiger partial charge in [-0.05, 0) is 36.8 Å². The van der Waals surface area contributed by atoms with E-state index in [2.05, 4.69) is 20.9 Å². The van der Waals surface area contributed by atoms with Crippen molar-refractivity contribution in [1.82, 2.24) is 0 Å². The van der Waals surface area contributed by atoms with Crippen molar-refractivity contribution in [3.63, 3.8) is 0 Å². The Morgan fingerprint density at radius 3 is 2.70 bits per heavy atom. The number of hydrogen-bond donors (Lipinski definition) is 1. The van der Waals surface area contributed by atoms with E-state index < -0.39 is 5.97 Å². The van der Waals surface area contributed by atoms with Gasteiger partial charge in [-0.2, -0.15) is 0 Å². The minimum Gasteiger partial charge on any atom is -0.465 e. The fraction of sp³-hybridized carbons (Fsp3) is 0.176. The van der Waals surface area contributed by atoms with Gasteiger partial charge < -0.3 is 14.6 Å². The van der Waals surface area contributed by atoms with E-state index in [1.807, 2.05) is 13.0 Å². The third-order valence-electron chi connectivity index (χ3n) is 3.14. The Balaban J connectivity index is 2.47. The van der Waals surface area contributed by atoms with E-state index in [1.54, 1.807) is 30.3 Å². The fourth-order valence-corrected chi connectivity index (χ4v) is 2.30. The second-order valence-corrected chi connectivity index (χ2v) is 5.46. The molecule has 0 bridgehead atoms. The van der Waals surface area contributed by atoms with E-state index in [0.29, 0.717) is 22.7 Å². The number of aliphatic imine (C=N–C) groups is 1. The zero-order valence-corrected chi connectivity index (χ0v) is 14.3. The summed E-state index contributed by atoms with van der Waals surface area (Å²) in [4.78, 5) is 16.1. The summed E-state index contributed by atoms with van der Waals surface area (Å²) in [5.74, 6) is 0.378. The van der Waals surface area contributed by atoms with Crippen LogP contribution in [0.25, 0.3) is 0 Å². The molecular weight excluding hydrogens is 362 g/mol. The highest BCUT2D eigenvalue weighted by atomic mass is 79.9. The average Bonchev–Trinajstić information content (AvgIpc) is 2.57. The van der Waals surface area contributed by atoms with Crippen molar-refractivity contribution in [2.24, 2.45) is 4.99 Å². The van der Waals surface area contributed by atoms with Crippen LogP contribution in [0.1, 0.15) is 15.9 Å². The number of rotatable bonds is 5. The Hall–Kier alpha value is -2.18. The fourth-order valence-electron chi connectivity index (χ4n) is 1.98. The Morgan fingerprint density at radius 1 is 1.26 bits per heavy atom. The number of para-hydroxylation sites is 1. The molecule has 2 rings (SSSR count). The number of methoxy groups -OCH3 is 1. The van der Waals surface area contributed by atoms with Crippen LogP contribution in [0.2, 0.25) is 0 Å². The molecule has 0 aliphatic rings. The minimum absolute atomic E-state index is 0.176. The third kappa shape index (κ3) is 3.97. The summed E-state index contributed by atoms with van der Waals surface area (Å²) < 4.78 is 11.5. The number of halogens is 1. The summed E-state index contributed by atoms with van der Waals surface area (Å²) in [5.41, 5.74) is 1.77. The smallest absolute Gasteiger partial charge is 0.341 e. The molecule has 23 heavy (non-hydrogen) atoms. The molecule has 120 valence electrons. The lowest BCUT2D eigenvalue weighted by atomic mass is 10.1. The van der Waals surface area contributed by atoms with Crippen LogP contribution < -0.4 is 4.74 Å². The van der Waals surface area contributed by atoms with Crippen LogP contribution in [0.5, 0.6) is 11.5 Å². The van der Waals surface area contributed by atoms with Crippen molar-refractivity contribution in [1.29, 1.82) is 0 Å². The number of esters is 1. The molecule has 2 aromatic rings. The number of carbonyl (C=O) groups is 1. The van der Waals surface area contributed by atoms with E-state index >= 15 is 0 Å². The average molecular weight is 378 g/mol. The van der Waals surface area contributed by atoms with Gasteiger partial charge in [-0.3, -0.25) is 4.99 Å². The van der Waals surface area contributed by atoms with Crippen LogP contribution in [-0.2, 0) is 4.74 Å². The van der Waals surface area contributed by atoms with Crippen LogP contribution in [0.4, 0.5) is 5.69 Å². The van der Waals surface area contributed by atoms with Crippen LogP contribution in [0.3, 0.4) is 0 Å². The lowest BCUT2D eigenvalue weighted by molar-refractivity contribution is 0.0598. The number of aliphatic hydroxyl groups is 1. The lowest BCUT2D eigenvalue weighted by Crippen LogP contribution is -2.03. The molecule has 0 amide bonds. The molecule has 2 aromatic carbocycles. The van der Waals surface area contributed by atoms with Gasteiger partial charge in [0.25, 0.3) is 0 Å². The standard InChI is InChI=1S/C17H16BrNO4/c1-11-13(18)7-8-15(16(11)19-9-10-20)23-14-6-4-3-5-12(14)17(21)22-2/h3-9,20H,10H2,1-2H3. The first-order valence-electron chi connectivity index (χ1n) is 6.86. The van der Waals surface area contributed by atoms with Crippen molar-refractivity contribution in [2.75, 3.05) is 13.7 Å². The van der Waals surface area contributed by atoms with E-state index in [0.717, 1.165) is 10.0 Å². The summed E-state index contributed by atoms with van der Waals surface area (Å²) in [6.07, 6.45) is 1.38. The van der Waals surface area contributed by atoms with Crippen molar-refractivity contribution >= 4 is 33.8 Å². The molecule has 0 saturated heterocycles. The summed E-state index contributed by atoms with van der Waals surface area (Å²) in [6.45, 7) is 1.71. The van der Waals surface area contributed by atoms with Gasteiger partial charge in [0.15, 0.2) is 5.75 Å². The molecule has 0 fully saturated rings. The van der Waals surface area contributed by atoms with Gasteiger partial charge in [0, 0.05) is 10.7 Å². The normalized spacial score (nSPS) is 10.8. The van der Waals surface area contributed by atoms with E-state index in [9.17, 15) is 4.79 Å². The van der Waals surface area contributed by atoms with E-state index in [-0.39, 0.29) is 6.61 Å². The van der Waals surface area contributed by atoms with Gasteiger partial charge in [0.1, 0.15) is 17.0 Å². The molecular formula is C17H16BrNO4. The molecule has 5 nitrogen and oxygen atoms in total. The lowest BCUT2D eigenvalue weighted by Gasteiger charge is -2.13. The Labute approximate surface area is 142 Å². The van der Waals surface area contributed by atoms with Gasteiger partial charge in [-0.25, -0.2) is 4.79 Å². The molecule has 6 heteroatoms. The summed E-state index contributed by atoms with van der Waals surface area (Å²) >= 11 is 3.44. The minimum atomic E-state index is -0.477. The van der Waals surface area contributed by atoms with Crippen LogP contribution in [0, 0.1) is 6.92 Å². The maximum absolute atomic E-state index is 11.8. The number of carbonyl (C=O) groups excluding carboxylic acids is 1. The van der Waals surface area contributed by atoms with Gasteiger partial charge in [-0.1, -0.05) is 28.1 Å². The zero-order valence-electron chi connectivity index (χ0n) is 12.7. The Kier molecular flexibility index (Phi) is 5.90. The number of aliphatic hydroxyl groups excluding tert-OH is 1. The second kappa shape index (κ2) is 7.89. The molecule has 0 aliphatic carbocycles. The first kappa shape index (κ1) is 17.2. The largest absolute Gasteiger partial charge is 0.465 e. The SMILES string of the molecule is COC(=O)c1ccccc1Oc1ccc(Br)c(C)c1N=CCO. The Morgan fingerprint density at radius 2 is 2.00 bits per heavy atom. The highest BCUT2D eigenvalue weighted by Gasteiger charge is 2.15. The summed E-state index contributed by atoms with van der Waals surface area (Å²) in [7, 11) is 1.32. The van der Waals surface area contributed by atoms with Crippen molar-refractivity contribution in [2.45, 2.75) is 6.92 Å². The summed E-state index contributed by atoms with van der Waals surface area (Å²) in [6, 6.07) is 10.4. The molecule has 0 atom stereocenters. The first-order valence-corrected chi connectivity index (χ1v) is 7.65. The monoisotopic (exact) mass is 377 g/mol. The van der Waals surface area contributed by atoms with Crippen LogP contribution in [-0.4, -0.2) is 31.0 Å². The van der Waals surface area contributed by atoms with Crippen molar-refractivity contribution in [3.05, 3.63) is 52.0 Å². The zero-order chi connectivity index (χ0) is 16.8. The van der Waals surface area contributed by atoms with E-state index in [1.165, 1.54) is 13.3 Å². The Bertz CT molecular complexity index is 743. The van der Waals surface area contributed by atoms with E-state index in [4.69, 9.17) is 14.6 Å². The van der Waals surface area contributed by atoms with Crippen LogP contribution >= 0.6 is 15.9 Å². The number of benzene rings is 2. The molecule has 1 N–H and O–H groups in total. The predicted molar refractivity (Wildman–Crippen MR) is 92.0 cm³/mol. The molecule has 0 radical (unpaired) electrons.